The fraction of sp³-hybridized carbons (Fsp3) is 0.583. The second-order valence-electron chi connectivity index (χ2n) is 8.55. The van der Waals surface area contributed by atoms with Crippen LogP contribution in [-0.2, 0) is 11.3 Å². The van der Waals surface area contributed by atoms with Gasteiger partial charge in [0.2, 0.25) is 0 Å². The van der Waals surface area contributed by atoms with E-state index >= 15 is 0 Å². The van der Waals surface area contributed by atoms with Crippen molar-refractivity contribution in [2.75, 3.05) is 45.9 Å². The lowest BCUT2D eigenvalue weighted by Crippen LogP contribution is -2.52. The minimum atomic E-state index is 0.139. The number of aryl methyl sites for hydroxylation is 1. The van der Waals surface area contributed by atoms with Crippen LogP contribution in [0.25, 0.3) is 0 Å². The summed E-state index contributed by atoms with van der Waals surface area (Å²) in [5, 5.41) is 7.54. The van der Waals surface area contributed by atoms with E-state index in [1.807, 2.05) is 6.07 Å². The van der Waals surface area contributed by atoms with Crippen LogP contribution >= 0.6 is 0 Å². The Labute approximate surface area is 185 Å². The molecule has 3 heterocycles. The predicted octanol–water partition coefficient (Wildman–Crippen LogP) is 3.23. The lowest BCUT2D eigenvalue weighted by atomic mass is 9.89. The molecule has 31 heavy (non-hydrogen) atoms. The first kappa shape index (κ1) is 21.8. The minimum Gasteiger partial charge on any atom is -0.373 e. The molecule has 168 valence electrons. The number of rotatable bonds is 6. The Morgan fingerprint density at radius 3 is 2.68 bits per heavy atom. The molecule has 0 bridgehead atoms. The highest BCUT2D eigenvalue weighted by molar-refractivity contribution is 5.80. The number of piperazine rings is 1. The normalized spacial score (nSPS) is 23.2. The summed E-state index contributed by atoms with van der Waals surface area (Å²) in [6.45, 7) is 11.5. The molecule has 2 atom stereocenters. The summed E-state index contributed by atoms with van der Waals surface area (Å²) in [6.07, 6.45) is 4.05. The molecule has 7 heteroatoms. The van der Waals surface area contributed by atoms with Gasteiger partial charge in [0.05, 0.1) is 11.8 Å². The van der Waals surface area contributed by atoms with E-state index in [9.17, 15) is 0 Å². The van der Waals surface area contributed by atoms with Gasteiger partial charge in [0.15, 0.2) is 5.96 Å². The topological polar surface area (TPSA) is 66.1 Å². The lowest BCUT2D eigenvalue weighted by Gasteiger charge is -2.36. The Morgan fingerprint density at radius 2 is 1.97 bits per heavy atom. The van der Waals surface area contributed by atoms with Gasteiger partial charge in [0, 0.05) is 64.4 Å². The van der Waals surface area contributed by atoms with Crippen molar-refractivity contribution in [2.45, 2.75) is 39.3 Å². The number of hydrogen-bond acceptors (Lipinski definition) is 5. The second-order valence-corrected chi connectivity index (χ2v) is 8.55. The highest BCUT2D eigenvalue weighted by Gasteiger charge is 2.28. The van der Waals surface area contributed by atoms with Gasteiger partial charge in [-0.25, -0.2) is 0 Å². The van der Waals surface area contributed by atoms with Gasteiger partial charge in [0.1, 0.15) is 6.26 Å². The summed E-state index contributed by atoms with van der Waals surface area (Å²) >= 11 is 0. The molecular weight excluding hydrogens is 390 g/mol. The quantitative estimate of drug-likeness (QED) is 0.566. The number of aliphatic imine (C=N–C) groups is 1. The maximum Gasteiger partial charge on any atom is 0.194 e. The fourth-order valence-electron chi connectivity index (χ4n) is 4.45. The zero-order valence-electron chi connectivity index (χ0n) is 18.8. The van der Waals surface area contributed by atoms with Gasteiger partial charge in [-0.15, -0.1) is 0 Å². The molecule has 2 saturated heterocycles. The van der Waals surface area contributed by atoms with Gasteiger partial charge in [-0.3, -0.25) is 9.89 Å². The van der Waals surface area contributed by atoms with Crippen LogP contribution in [0.1, 0.15) is 42.7 Å². The number of aromatic nitrogens is 1. The molecule has 7 nitrogen and oxygen atoms in total. The summed E-state index contributed by atoms with van der Waals surface area (Å²) in [7, 11) is 0. The van der Waals surface area contributed by atoms with Crippen molar-refractivity contribution in [1.82, 2.24) is 20.3 Å². The summed E-state index contributed by atoms with van der Waals surface area (Å²) in [6, 6.07) is 10.7. The Morgan fingerprint density at radius 1 is 1.16 bits per heavy atom. The van der Waals surface area contributed by atoms with Crippen molar-refractivity contribution in [3.05, 3.63) is 53.4 Å². The molecule has 0 saturated carbocycles. The molecule has 1 N–H and O–H groups in total. The van der Waals surface area contributed by atoms with E-state index in [0.717, 1.165) is 76.9 Å². The molecule has 2 fully saturated rings. The Bertz CT molecular complexity index is 813. The third kappa shape index (κ3) is 5.86. The lowest BCUT2D eigenvalue weighted by molar-refractivity contribution is -0.0251. The average molecular weight is 426 g/mol. The van der Waals surface area contributed by atoms with Crippen LogP contribution in [0.2, 0.25) is 0 Å². The molecule has 1 aromatic heterocycles. The van der Waals surface area contributed by atoms with Crippen LogP contribution in [0.4, 0.5) is 0 Å². The number of ether oxygens (including phenoxy) is 1. The van der Waals surface area contributed by atoms with Crippen molar-refractivity contribution >= 4 is 5.96 Å². The van der Waals surface area contributed by atoms with Gasteiger partial charge >= 0.3 is 0 Å². The molecule has 0 amide bonds. The summed E-state index contributed by atoms with van der Waals surface area (Å²) in [5.41, 5.74) is 3.55. The van der Waals surface area contributed by atoms with Gasteiger partial charge < -0.3 is 19.5 Å². The van der Waals surface area contributed by atoms with Gasteiger partial charge in [-0.2, -0.15) is 0 Å². The molecular formula is C24H35N5O2. The molecule has 1 aromatic carbocycles. The van der Waals surface area contributed by atoms with Gasteiger partial charge in [-0.05, 0) is 32.3 Å². The van der Waals surface area contributed by atoms with Crippen molar-refractivity contribution in [2.24, 2.45) is 10.9 Å². The zero-order valence-corrected chi connectivity index (χ0v) is 18.8. The third-order valence-corrected chi connectivity index (χ3v) is 6.21. The molecule has 2 aromatic rings. The van der Waals surface area contributed by atoms with Crippen LogP contribution in [0.3, 0.4) is 0 Å². The number of nitrogens with zero attached hydrogens (tertiary/aromatic N) is 4. The Kier molecular flexibility index (Phi) is 7.59. The molecule has 0 aliphatic carbocycles. The average Bonchev–Trinajstić information content (AvgIpc) is 3.31. The van der Waals surface area contributed by atoms with Crippen LogP contribution in [0, 0.1) is 12.8 Å². The summed E-state index contributed by atoms with van der Waals surface area (Å²) < 4.78 is 11.2. The molecule has 0 radical (unpaired) electrons. The Hall–Kier alpha value is -2.38. The van der Waals surface area contributed by atoms with E-state index in [1.165, 1.54) is 11.1 Å². The van der Waals surface area contributed by atoms with Crippen molar-refractivity contribution in [1.29, 1.82) is 0 Å². The van der Waals surface area contributed by atoms with Crippen LogP contribution in [0.5, 0.6) is 0 Å². The summed E-state index contributed by atoms with van der Waals surface area (Å²) in [5.74, 6) is 1.44. The maximum absolute atomic E-state index is 6.19. The third-order valence-electron chi connectivity index (χ3n) is 6.21. The first-order valence-electron chi connectivity index (χ1n) is 11.6. The van der Waals surface area contributed by atoms with E-state index in [1.54, 1.807) is 6.26 Å². The van der Waals surface area contributed by atoms with Gasteiger partial charge in [-0.1, -0.05) is 35.0 Å². The number of nitrogens with one attached hydrogen (secondary N) is 1. The standard InChI is InChI=1S/C24H35N5O2/c1-3-25-24(29-13-11-28(12-14-29)18-22-10-16-31-27-22)26-17-21-5-4-15-30-23(21)20-8-6-19(2)7-9-20/h6-10,16,21,23H,3-5,11-15,17-18H2,1-2H3,(H,25,26). The highest BCUT2D eigenvalue weighted by atomic mass is 16.5. The van der Waals surface area contributed by atoms with Gasteiger partial charge in [0.25, 0.3) is 0 Å². The molecule has 4 rings (SSSR count). The minimum absolute atomic E-state index is 0.139. The first-order valence-corrected chi connectivity index (χ1v) is 11.6. The molecule has 0 spiro atoms. The van der Waals surface area contributed by atoms with E-state index in [-0.39, 0.29) is 6.10 Å². The van der Waals surface area contributed by atoms with Crippen LogP contribution < -0.4 is 5.32 Å². The van der Waals surface area contributed by atoms with Crippen LogP contribution in [-0.4, -0.2) is 66.8 Å². The molecule has 2 aliphatic heterocycles. The van der Waals surface area contributed by atoms with Crippen molar-refractivity contribution < 1.29 is 9.26 Å². The largest absolute Gasteiger partial charge is 0.373 e. The fourth-order valence-corrected chi connectivity index (χ4v) is 4.45. The van der Waals surface area contributed by atoms with Crippen LogP contribution in [0.15, 0.2) is 46.1 Å². The number of benzene rings is 1. The van der Waals surface area contributed by atoms with Crippen molar-refractivity contribution in [3.8, 4) is 0 Å². The van der Waals surface area contributed by atoms with Crippen molar-refractivity contribution in [3.63, 3.8) is 0 Å². The van der Waals surface area contributed by atoms with E-state index in [2.05, 4.69) is 58.4 Å². The van der Waals surface area contributed by atoms with E-state index in [4.69, 9.17) is 14.3 Å². The van der Waals surface area contributed by atoms with E-state index in [0.29, 0.717) is 5.92 Å². The SMILES string of the molecule is CCNC(=NCC1CCCOC1c1ccc(C)cc1)N1CCN(Cc2ccon2)CC1. The molecule has 2 unspecified atom stereocenters. The van der Waals surface area contributed by atoms with E-state index < -0.39 is 0 Å². The monoisotopic (exact) mass is 425 g/mol. The zero-order chi connectivity index (χ0) is 21.5. The number of hydrogen-bond donors (Lipinski definition) is 1. The highest BCUT2D eigenvalue weighted by Crippen LogP contribution is 2.34. The first-order chi connectivity index (χ1) is 15.2. The molecule has 2 aliphatic rings. The number of guanidine groups is 1. The second kappa shape index (κ2) is 10.8. The predicted molar refractivity (Wildman–Crippen MR) is 122 cm³/mol. The smallest absolute Gasteiger partial charge is 0.194 e. The Balaban J connectivity index is 1.37. The maximum atomic E-state index is 6.19. The summed E-state index contributed by atoms with van der Waals surface area (Å²) in [4.78, 5) is 9.86.